The van der Waals surface area contributed by atoms with Gasteiger partial charge in [-0.25, -0.2) is 0 Å². The summed E-state index contributed by atoms with van der Waals surface area (Å²) in [5.74, 6) is -0.285. The normalized spacial score (nSPS) is 19.2. The van der Waals surface area contributed by atoms with Crippen LogP contribution in [-0.2, 0) is 4.79 Å². The van der Waals surface area contributed by atoms with Gasteiger partial charge in [-0.3, -0.25) is 9.59 Å². The highest BCUT2D eigenvalue weighted by Gasteiger charge is 2.23. The van der Waals surface area contributed by atoms with Crippen molar-refractivity contribution in [1.29, 1.82) is 0 Å². The molecule has 1 saturated heterocycles. The molecule has 16 heavy (non-hydrogen) atoms. The minimum absolute atomic E-state index is 0.0493. The highest BCUT2D eigenvalue weighted by Crippen LogP contribution is 2.11. The molecule has 1 heterocycles. The number of rotatable bonds is 2. The first-order valence-electron chi connectivity index (χ1n) is 5.02. The maximum atomic E-state index is 11.7. The van der Waals surface area contributed by atoms with Crippen LogP contribution in [0.1, 0.15) is 16.8 Å². The van der Waals surface area contributed by atoms with Gasteiger partial charge < -0.3 is 15.7 Å². The maximum Gasteiger partial charge on any atom is 0.251 e. The summed E-state index contributed by atoms with van der Waals surface area (Å²) in [6.07, 6.45) is 0.310. The van der Waals surface area contributed by atoms with Crippen molar-refractivity contribution in [2.45, 2.75) is 12.5 Å². The molecule has 1 aliphatic rings. The molecule has 0 spiro atoms. The number of carbonyl (C=O) groups excluding carboxylic acids is 2. The number of carbonyl (C=O) groups is 2. The fourth-order valence-corrected chi connectivity index (χ4v) is 1.62. The number of amides is 2. The molecule has 2 amide bonds. The summed E-state index contributed by atoms with van der Waals surface area (Å²) < 4.78 is 0. The van der Waals surface area contributed by atoms with Crippen molar-refractivity contribution >= 4 is 11.8 Å². The van der Waals surface area contributed by atoms with Crippen LogP contribution in [0.3, 0.4) is 0 Å². The average molecular weight is 220 g/mol. The van der Waals surface area contributed by atoms with Crippen LogP contribution in [0.2, 0.25) is 0 Å². The Labute approximate surface area is 92.5 Å². The second kappa shape index (κ2) is 4.22. The van der Waals surface area contributed by atoms with Crippen molar-refractivity contribution in [1.82, 2.24) is 10.6 Å². The predicted molar refractivity (Wildman–Crippen MR) is 57.0 cm³/mol. The molecule has 5 heteroatoms. The van der Waals surface area contributed by atoms with Gasteiger partial charge in [-0.15, -0.1) is 0 Å². The van der Waals surface area contributed by atoms with Gasteiger partial charge in [-0.1, -0.05) is 6.07 Å². The molecule has 2 rings (SSSR count). The zero-order valence-corrected chi connectivity index (χ0v) is 8.56. The lowest BCUT2D eigenvalue weighted by Gasteiger charge is -2.10. The van der Waals surface area contributed by atoms with Crippen molar-refractivity contribution in [3.05, 3.63) is 29.8 Å². The van der Waals surface area contributed by atoms with Gasteiger partial charge in [0.15, 0.2) is 0 Å². The average Bonchev–Trinajstić information content (AvgIpc) is 2.64. The largest absolute Gasteiger partial charge is 0.508 e. The number of phenols is 1. The predicted octanol–water partition coefficient (Wildman–Crippen LogP) is 0.0105. The number of phenolic OH excluding ortho intramolecular Hbond substituents is 1. The smallest absolute Gasteiger partial charge is 0.251 e. The van der Waals surface area contributed by atoms with Gasteiger partial charge in [0.25, 0.3) is 5.91 Å². The Balaban J connectivity index is 2.00. The summed E-state index contributed by atoms with van der Waals surface area (Å²) in [6.45, 7) is 0.462. The number of nitrogens with one attached hydrogen (secondary N) is 2. The molecule has 0 aliphatic carbocycles. The second-order valence-electron chi connectivity index (χ2n) is 3.73. The minimum Gasteiger partial charge on any atom is -0.508 e. The SMILES string of the molecule is O=C1CC(NC(=O)c2cccc(O)c2)CN1. The summed E-state index contributed by atoms with van der Waals surface area (Å²) in [7, 11) is 0. The van der Waals surface area contributed by atoms with E-state index in [9.17, 15) is 14.7 Å². The molecular weight excluding hydrogens is 208 g/mol. The van der Waals surface area contributed by atoms with Gasteiger partial charge >= 0.3 is 0 Å². The van der Waals surface area contributed by atoms with E-state index in [2.05, 4.69) is 10.6 Å². The van der Waals surface area contributed by atoms with Gasteiger partial charge in [-0.05, 0) is 18.2 Å². The summed E-state index contributed by atoms with van der Waals surface area (Å²) in [5, 5.41) is 14.6. The third-order valence-corrected chi connectivity index (χ3v) is 2.42. The monoisotopic (exact) mass is 220 g/mol. The van der Waals surface area contributed by atoms with Crippen LogP contribution in [0, 0.1) is 0 Å². The zero-order chi connectivity index (χ0) is 11.5. The standard InChI is InChI=1S/C11H12N2O3/c14-9-3-1-2-7(4-9)11(16)13-8-5-10(15)12-6-8/h1-4,8,14H,5-6H2,(H,12,15)(H,13,16). The first kappa shape index (κ1) is 10.5. The molecule has 0 bridgehead atoms. The number of hydrogen-bond acceptors (Lipinski definition) is 3. The summed E-state index contributed by atoms with van der Waals surface area (Å²) >= 11 is 0. The van der Waals surface area contributed by atoms with Crippen molar-refractivity contribution in [3.63, 3.8) is 0 Å². The summed E-state index contributed by atoms with van der Waals surface area (Å²) in [4.78, 5) is 22.6. The summed E-state index contributed by atoms with van der Waals surface area (Å²) in [6, 6.07) is 5.93. The number of aromatic hydroxyl groups is 1. The van der Waals surface area contributed by atoms with E-state index in [0.29, 0.717) is 18.5 Å². The van der Waals surface area contributed by atoms with E-state index >= 15 is 0 Å². The Hall–Kier alpha value is -2.04. The van der Waals surface area contributed by atoms with Crippen LogP contribution in [0.5, 0.6) is 5.75 Å². The second-order valence-corrected chi connectivity index (χ2v) is 3.73. The Morgan fingerprint density at radius 1 is 1.50 bits per heavy atom. The zero-order valence-electron chi connectivity index (χ0n) is 8.56. The molecule has 1 atom stereocenters. The maximum absolute atomic E-state index is 11.7. The van der Waals surface area contributed by atoms with E-state index in [1.807, 2.05) is 0 Å². The van der Waals surface area contributed by atoms with Gasteiger partial charge in [0.1, 0.15) is 5.75 Å². The molecule has 5 nitrogen and oxygen atoms in total. The minimum atomic E-state index is -0.280. The van der Waals surface area contributed by atoms with E-state index in [1.54, 1.807) is 12.1 Å². The van der Waals surface area contributed by atoms with E-state index in [-0.39, 0.29) is 23.6 Å². The van der Waals surface area contributed by atoms with Gasteiger partial charge in [-0.2, -0.15) is 0 Å². The van der Waals surface area contributed by atoms with Crippen molar-refractivity contribution in [2.24, 2.45) is 0 Å². The van der Waals surface area contributed by atoms with E-state index in [1.165, 1.54) is 12.1 Å². The van der Waals surface area contributed by atoms with E-state index < -0.39 is 0 Å². The third kappa shape index (κ3) is 2.31. The third-order valence-electron chi connectivity index (χ3n) is 2.42. The lowest BCUT2D eigenvalue weighted by molar-refractivity contribution is -0.119. The molecule has 1 aromatic rings. The van der Waals surface area contributed by atoms with Gasteiger partial charge in [0.05, 0.1) is 6.04 Å². The van der Waals surface area contributed by atoms with Crippen molar-refractivity contribution in [3.8, 4) is 5.75 Å². The lowest BCUT2D eigenvalue weighted by Crippen LogP contribution is -2.36. The van der Waals surface area contributed by atoms with E-state index in [0.717, 1.165) is 0 Å². The Morgan fingerprint density at radius 2 is 2.31 bits per heavy atom. The molecule has 84 valence electrons. The van der Waals surface area contributed by atoms with Crippen LogP contribution >= 0.6 is 0 Å². The first-order valence-corrected chi connectivity index (χ1v) is 5.02. The Kier molecular flexibility index (Phi) is 2.76. The fraction of sp³-hybridized carbons (Fsp3) is 0.273. The molecular formula is C11H12N2O3. The highest BCUT2D eigenvalue weighted by atomic mass is 16.3. The lowest BCUT2D eigenvalue weighted by atomic mass is 10.2. The number of benzene rings is 1. The van der Waals surface area contributed by atoms with Crippen LogP contribution < -0.4 is 10.6 Å². The van der Waals surface area contributed by atoms with Crippen LogP contribution in [-0.4, -0.2) is 29.5 Å². The first-order chi connectivity index (χ1) is 7.65. The van der Waals surface area contributed by atoms with Gasteiger partial charge in [0, 0.05) is 18.5 Å². The molecule has 3 N–H and O–H groups in total. The van der Waals surface area contributed by atoms with Crippen molar-refractivity contribution < 1.29 is 14.7 Å². The van der Waals surface area contributed by atoms with Crippen LogP contribution in [0.15, 0.2) is 24.3 Å². The molecule has 0 radical (unpaired) electrons. The van der Waals surface area contributed by atoms with E-state index in [4.69, 9.17) is 0 Å². The highest BCUT2D eigenvalue weighted by molar-refractivity contribution is 5.95. The molecule has 1 aromatic carbocycles. The molecule has 1 fully saturated rings. The van der Waals surface area contributed by atoms with Crippen LogP contribution in [0.4, 0.5) is 0 Å². The fourth-order valence-electron chi connectivity index (χ4n) is 1.62. The van der Waals surface area contributed by atoms with Crippen LogP contribution in [0.25, 0.3) is 0 Å². The molecule has 0 saturated carbocycles. The van der Waals surface area contributed by atoms with Crippen molar-refractivity contribution in [2.75, 3.05) is 6.54 Å². The number of hydrogen-bond donors (Lipinski definition) is 3. The quantitative estimate of drug-likeness (QED) is 0.657. The molecule has 0 aromatic heterocycles. The van der Waals surface area contributed by atoms with Gasteiger partial charge in [0.2, 0.25) is 5.91 Å². The molecule has 1 unspecified atom stereocenters. The Bertz CT molecular complexity index is 431. The topological polar surface area (TPSA) is 78.4 Å². The summed E-state index contributed by atoms with van der Waals surface area (Å²) in [5.41, 5.74) is 0.388. The Morgan fingerprint density at radius 3 is 2.94 bits per heavy atom. The molecule has 1 aliphatic heterocycles.